The van der Waals surface area contributed by atoms with E-state index in [4.69, 9.17) is 4.74 Å². The number of nitrogens with one attached hydrogen (secondary N) is 1. The number of ether oxygens (including phenoxy) is 1. The van der Waals surface area contributed by atoms with Crippen molar-refractivity contribution in [1.82, 2.24) is 5.32 Å². The Hall–Kier alpha value is -1.10. The Labute approximate surface area is 101 Å². The molecule has 0 bridgehead atoms. The third kappa shape index (κ3) is 2.04. The van der Waals surface area contributed by atoms with Gasteiger partial charge in [0.15, 0.2) is 0 Å². The predicted molar refractivity (Wildman–Crippen MR) is 60.4 cm³/mol. The minimum atomic E-state index is -1.01. The molecule has 1 saturated carbocycles. The van der Waals surface area contributed by atoms with E-state index >= 15 is 0 Å². The zero-order chi connectivity index (χ0) is 12.8. The predicted octanol–water partition coefficient (Wildman–Crippen LogP) is 0.638. The second-order valence-corrected chi connectivity index (χ2v) is 6.04. The van der Waals surface area contributed by atoms with Crippen molar-refractivity contribution in [3.05, 3.63) is 0 Å². The maximum absolute atomic E-state index is 11.9. The Morgan fingerprint density at radius 3 is 2.41 bits per heavy atom. The van der Waals surface area contributed by atoms with Gasteiger partial charge in [0.25, 0.3) is 0 Å². The first-order valence-electron chi connectivity index (χ1n) is 5.89. The minimum Gasteiger partial charge on any atom is -0.481 e. The third-order valence-electron chi connectivity index (χ3n) is 4.09. The van der Waals surface area contributed by atoms with Gasteiger partial charge in [-0.1, -0.05) is 13.8 Å². The zero-order valence-corrected chi connectivity index (χ0v) is 10.4. The van der Waals surface area contributed by atoms with Crippen LogP contribution in [0.3, 0.4) is 0 Å². The fraction of sp³-hybridized carbons (Fsp3) is 0.833. The summed E-state index contributed by atoms with van der Waals surface area (Å²) in [5.41, 5.74) is -0.947. The van der Waals surface area contributed by atoms with Gasteiger partial charge in [-0.15, -0.1) is 0 Å². The van der Waals surface area contributed by atoms with Gasteiger partial charge >= 0.3 is 5.97 Å². The lowest BCUT2D eigenvalue weighted by atomic mass is 9.85. The maximum Gasteiger partial charge on any atom is 0.313 e. The number of rotatable bonds is 3. The summed E-state index contributed by atoms with van der Waals surface area (Å²) in [5, 5.41) is 12.0. The van der Waals surface area contributed by atoms with Crippen molar-refractivity contribution in [2.45, 2.75) is 33.2 Å². The van der Waals surface area contributed by atoms with Crippen LogP contribution in [0, 0.1) is 16.7 Å². The molecule has 1 amide bonds. The molecule has 0 aromatic rings. The van der Waals surface area contributed by atoms with E-state index in [0.29, 0.717) is 0 Å². The zero-order valence-electron chi connectivity index (χ0n) is 10.4. The van der Waals surface area contributed by atoms with Crippen LogP contribution in [0.1, 0.15) is 27.2 Å². The van der Waals surface area contributed by atoms with E-state index in [-0.39, 0.29) is 30.5 Å². The van der Waals surface area contributed by atoms with Gasteiger partial charge in [-0.3, -0.25) is 9.59 Å². The number of hydrogen-bond acceptors (Lipinski definition) is 3. The summed E-state index contributed by atoms with van der Waals surface area (Å²) in [4.78, 5) is 23.1. The van der Waals surface area contributed by atoms with Crippen LogP contribution >= 0.6 is 0 Å². The molecule has 0 spiro atoms. The lowest BCUT2D eigenvalue weighted by Crippen LogP contribution is -2.50. The van der Waals surface area contributed by atoms with Crippen molar-refractivity contribution in [2.75, 3.05) is 13.2 Å². The number of aliphatic carboxylic acids is 1. The van der Waals surface area contributed by atoms with Crippen LogP contribution in [0.2, 0.25) is 0 Å². The largest absolute Gasteiger partial charge is 0.481 e. The van der Waals surface area contributed by atoms with E-state index in [0.717, 1.165) is 6.42 Å². The first-order chi connectivity index (χ1) is 7.77. The Morgan fingerprint density at radius 1 is 1.35 bits per heavy atom. The Kier molecular flexibility index (Phi) is 2.69. The number of carboxylic acids is 1. The molecule has 1 aliphatic heterocycles. The van der Waals surface area contributed by atoms with Crippen molar-refractivity contribution in [3.8, 4) is 0 Å². The molecule has 1 aliphatic carbocycles. The van der Waals surface area contributed by atoms with Crippen molar-refractivity contribution in [3.63, 3.8) is 0 Å². The van der Waals surface area contributed by atoms with Gasteiger partial charge in [0.1, 0.15) is 5.41 Å². The minimum absolute atomic E-state index is 0.0149. The molecular formula is C12H19NO4. The summed E-state index contributed by atoms with van der Waals surface area (Å²) < 4.78 is 5.19. The third-order valence-corrected chi connectivity index (χ3v) is 4.09. The van der Waals surface area contributed by atoms with Crippen molar-refractivity contribution < 1.29 is 19.4 Å². The van der Waals surface area contributed by atoms with Crippen LogP contribution in [0.4, 0.5) is 0 Å². The molecule has 3 unspecified atom stereocenters. The molecule has 3 atom stereocenters. The second kappa shape index (κ2) is 3.70. The topological polar surface area (TPSA) is 75.6 Å². The lowest BCUT2D eigenvalue weighted by Gasteiger charge is -2.25. The highest BCUT2D eigenvalue weighted by Gasteiger charge is 2.53. The quantitative estimate of drug-likeness (QED) is 0.760. The van der Waals surface area contributed by atoms with Crippen molar-refractivity contribution >= 4 is 11.9 Å². The average molecular weight is 241 g/mol. The van der Waals surface area contributed by atoms with Crippen LogP contribution in [-0.4, -0.2) is 36.2 Å². The van der Waals surface area contributed by atoms with Crippen molar-refractivity contribution in [2.24, 2.45) is 16.7 Å². The highest BCUT2D eigenvalue weighted by Crippen LogP contribution is 2.51. The highest BCUT2D eigenvalue weighted by molar-refractivity contribution is 5.84. The molecule has 5 nitrogen and oxygen atoms in total. The summed E-state index contributed by atoms with van der Waals surface area (Å²) in [5.74, 6) is -0.950. The smallest absolute Gasteiger partial charge is 0.313 e. The Bertz CT molecular complexity index is 366. The van der Waals surface area contributed by atoms with Gasteiger partial charge in [0.2, 0.25) is 5.91 Å². The first-order valence-corrected chi connectivity index (χ1v) is 5.89. The SMILES string of the molecule is CC1(C)CC1C(=O)NC1COCC1(C)C(=O)O. The summed E-state index contributed by atoms with van der Waals surface area (Å²) in [6.45, 7) is 6.13. The summed E-state index contributed by atoms with van der Waals surface area (Å²) >= 11 is 0. The molecule has 2 aliphatic rings. The van der Waals surface area contributed by atoms with Crippen LogP contribution in [0.25, 0.3) is 0 Å². The normalized spacial score (nSPS) is 38.8. The average Bonchev–Trinajstić information content (AvgIpc) is 2.69. The van der Waals surface area contributed by atoms with Crippen LogP contribution < -0.4 is 5.32 Å². The first kappa shape index (κ1) is 12.4. The van der Waals surface area contributed by atoms with Gasteiger partial charge in [-0.05, 0) is 18.8 Å². The number of carboxylic acid groups (broad SMARTS) is 1. The van der Waals surface area contributed by atoms with E-state index in [1.807, 2.05) is 13.8 Å². The number of carbonyl (C=O) groups is 2. The standard InChI is InChI=1S/C12H19NO4/c1-11(2)4-7(11)9(14)13-8-5-17-6-12(8,3)10(15)16/h7-8H,4-6H2,1-3H3,(H,13,14)(H,15,16). The Balaban J connectivity index is 2.00. The summed E-state index contributed by atoms with van der Waals surface area (Å²) in [7, 11) is 0. The number of carbonyl (C=O) groups excluding carboxylic acids is 1. The maximum atomic E-state index is 11.9. The highest BCUT2D eigenvalue weighted by atomic mass is 16.5. The molecule has 0 aromatic carbocycles. The molecule has 1 saturated heterocycles. The molecule has 2 fully saturated rings. The molecule has 17 heavy (non-hydrogen) atoms. The van der Waals surface area contributed by atoms with Crippen LogP contribution in [0.15, 0.2) is 0 Å². The van der Waals surface area contributed by atoms with Gasteiger partial charge < -0.3 is 15.2 Å². The van der Waals surface area contributed by atoms with E-state index in [1.54, 1.807) is 6.92 Å². The van der Waals surface area contributed by atoms with Crippen LogP contribution in [0.5, 0.6) is 0 Å². The lowest BCUT2D eigenvalue weighted by molar-refractivity contribution is -0.149. The summed E-state index contributed by atoms with van der Waals surface area (Å²) in [6.07, 6.45) is 0.871. The van der Waals surface area contributed by atoms with Crippen molar-refractivity contribution in [1.29, 1.82) is 0 Å². The van der Waals surface area contributed by atoms with Gasteiger partial charge in [-0.2, -0.15) is 0 Å². The molecule has 2 N–H and O–H groups in total. The molecular weight excluding hydrogens is 222 g/mol. The Morgan fingerprint density at radius 2 is 1.94 bits per heavy atom. The van der Waals surface area contributed by atoms with Crippen LogP contribution in [-0.2, 0) is 14.3 Å². The molecule has 1 heterocycles. The van der Waals surface area contributed by atoms with Gasteiger partial charge in [0, 0.05) is 5.92 Å². The van der Waals surface area contributed by atoms with Gasteiger partial charge in [-0.25, -0.2) is 0 Å². The second-order valence-electron chi connectivity index (χ2n) is 6.04. The van der Waals surface area contributed by atoms with E-state index in [1.165, 1.54) is 0 Å². The number of hydrogen-bond donors (Lipinski definition) is 2. The fourth-order valence-corrected chi connectivity index (χ4v) is 2.27. The molecule has 0 aromatic heterocycles. The molecule has 96 valence electrons. The van der Waals surface area contributed by atoms with Gasteiger partial charge in [0.05, 0.1) is 19.3 Å². The molecule has 0 radical (unpaired) electrons. The fourth-order valence-electron chi connectivity index (χ4n) is 2.27. The van der Waals surface area contributed by atoms with E-state index in [2.05, 4.69) is 5.32 Å². The monoisotopic (exact) mass is 241 g/mol. The molecule has 5 heteroatoms. The number of amides is 1. The van der Waals surface area contributed by atoms with E-state index in [9.17, 15) is 14.7 Å². The van der Waals surface area contributed by atoms with E-state index < -0.39 is 17.4 Å². The summed E-state index contributed by atoms with van der Waals surface area (Å²) in [6, 6.07) is -0.427. The molecule has 2 rings (SSSR count).